The Hall–Kier alpha value is -1.16. The summed E-state index contributed by atoms with van der Waals surface area (Å²) >= 11 is 3.27. The minimum Gasteiger partial charge on any atom is -0.356 e. The van der Waals surface area contributed by atoms with Gasteiger partial charge in [-0.1, -0.05) is 22.0 Å². The molecule has 2 aromatic rings. The van der Waals surface area contributed by atoms with Gasteiger partial charge in [0.1, 0.15) is 5.82 Å². The van der Waals surface area contributed by atoms with Gasteiger partial charge in [-0.15, -0.1) is 24.0 Å². The molecule has 0 aliphatic carbocycles. The zero-order valence-electron chi connectivity index (χ0n) is 14.4. The Balaban J connectivity index is 0.00000312. The Morgan fingerprint density at radius 3 is 2.68 bits per heavy atom. The molecule has 0 aliphatic heterocycles. The third-order valence-corrected chi connectivity index (χ3v) is 4.11. The number of halogens is 3. The van der Waals surface area contributed by atoms with Crippen LogP contribution in [0.1, 0.15) is 17.5 Å². The number of rotatable bonds is 7. The molecule has 0 spiro atoms. The van der Waals surface area contributed by atoms with Gasteiger partial charge in [-0.3, -0.25) is 9.67 Å². The molecule has 1 aromatic carbocycles. The smallest absolute Gasteiger partial charge is 0.190 e. The SMILES string of the molecule is CN=C(NCCCc1ccc(Br)cc1F)NCCc1cnn(C)c1.I. The summed E-state index contributed by atoms with van der Waals surface area (Å²) in [5.74, 6) is 0.596. The fourth-order valence-electron chi connectivity index (χ4n) is 2.36. The lowest BCUT2D eigenvalue weighted by Crippen LogP contribution is -2.38. The highest BCUT2D eigenvalue weighted by atomic mass is 127. The van der Waals surface area contributed by atoms with Gasteiger partial charge in [0.2, 0.25) is 0 Å². The summed E-state index contributed by atoms with van der Waals surface area (Å²) in [5, 5.41) is 10.7. The topological polar surface area (TPSA) is 54.2 Å². The second-order valence-electron chi connectivity index (χ2n) is 5.54. The highest BCUT2D eigenvalue weighted by molar-refractivity contribution is 14.0. The van der Waals surface area contributed by atoms with Crippen LogP contribution in [-0.4, -0.2) is 35.9 Å². The highest BCUT2D eigenvalue weighted by Crippen LogP contribution is 2.16. The van der Waals surface area contributed by atoms with Gasteiger partial charge < -0.3 is 10.6 Å². The van der Waals surface area contributed by atoms with E-state index >= 15 is 0 Å². The van der Waals surface area contributed by atoms with Crippen molar-refractivity contribution in [3.63, 3.8) is 0 Å². The van der Waals surface area contributed by atoms with Gasteiger partial charge >= 0.3 is 0 Å². The standard InChI is InChI=1S/C17H23BrFN5.HI/c1-20-17(22-9-7-13-11-23-24(2)12-13)21-8-3-4-14-5-6-15(18)10-16(14)19;/h5-6,10-12H,3-4,7-9H2,1-2H3,(H2,20,21,22);1H. The van der Waals surface area contributed by atoms with E-state index in [0.29, 0.717) is 6.42 Å². The molecule has 0 bridgehead atoms. The van der Waals surface area contributed by atoms with Crippen LogP contribution in [0.25, 0.3) is 0 Å². The molecule has 0 saturated carbocycles. The summed E-state index contributed by atoms with van der Waals surface area (Å²) in [5.41, 5.74) is 1.92. The number of benzene rings is 1. The van der Waals surface area contributed by atoms with Crippen molar-refractivity contribution in [3.8, 4) is 0 Å². The molecule has 0 unspecified atom stereocenters. The lowest BCUT2D eigenvalue weighted by atomic mass is 10.1. The van der Waals surface area contributed by atoms with Crippen LogP contribution < -0.4 is 10.6 Å². The van der Waals surface area contributed by atoms with Gasteiger partial charge in [0.15, 0.2) is 5.96 Å². The summed E-state index contributed by atoms with van der Waals surface area (Å²) in [4.78, 5) is 4.19. The van der Waals surface area contributed by atoms with Crippen molar-refractivity contribution in [2.45, 2.75) is 19.3 Å². The summed E-state index contributed by atoms with van der Waals surface area (Å²) in [6.45, 7) is 1.52. The van der Waals surface area contributed by atoms with E-state index in [9.17, 15) is 4.39 Å². The summed E-state index contributed by atoms with van der Waals surface area (Å²) in [6, 6.07) is 5.19. The first kappa shape index (κ1) is 21.9. The number of hydrogen-bond donors (Lipinski definition) is 2. The maximum absolute atomic E-state index is 13.7. The van der Waals surface area contributed by atoms with Gasteiger partial charge in [-0.25, -0.2) is 4.39 Å². The van der Waals surface area contributed by atoms with Crippen LogP contribution in [0.15, 0.2) is 40.1 Å². The van der Waals surface area contributed by atoms with Crippen LogP contribution in [0.4, 0.5) is 4.39 Å². The van der Waals surface area contributed by atoms with Crippen molar-refractivity contribution >= 4 is 45.9 Å². The van der Waals surface area contributed by atoms with E-state index < -0.39 is 0 Å². The molecule has 5 nitrogen and oxygen atoms in total. The summed E-state index contributed by atoms with van der Waals surface area (Å²) in [6.07, 6.45) is 6.29. The molecule has 0 fully saturated rings. The number of aryl methyl sites for hydroxylation is 2. The normalized spacial score (nSPS) is 11.1. The number of hydrogen-bond acceptors (Lipinski definition) is 2. The molecule has 2 rings (SSSR count). The maximum atomic E-state index is 13.7. The first-order valence-corrected chi connectivity index (χ1v) is 8.73. The average molecular weight is 524 g/mol. The fraction of sp³-hybridized carbons (Fsp3) is 0.412. The van der Waals surface area contributed by atoms with Crippen LogP contribution >= 0.6 is 39.9 Å². The second kappa shape index (κ2) is 11.5. The first-order chi connectivity index (χ1) is 11.6. The zero-order chi connectivity index (χ0) is 17.4. The number of nitrogens with one attached hydrogen (secondary N) is 2. The maximum Gasteiger partial charge on any atom is 0.190 e. The van der Waals surface area contributed by atoms with Gasteiger partial charge in [0, 0.05) is 37.9 Å². The molecule has 0 radical (unpaired) electrons. The lowest BCUT2D eigenvalue weighted by molar-refractivity contribution is 0.602. The van der Waals surface area contributed by atoms with Crippen molar-refractivity contribution in [3.05, 3.63) is 52.0 Å². The average Bonchev–Trinajstić information content (AvgIpc) is 2.96. The van der Waals surface area contributed by atoms with Gasteiger partial charge in [-0.05, 0) is 42.5 Å². The molecule has 8 heteroatoms. The van der Waals surface area contributed by atoms with Crippen LogP contribution in [0, 0.1) is 5.82 Å². The van der Waals surface area contributed by atoms with E-state index in [-0.39, 0.29) is 29.8 Å². The van der Waals surface area contributed by atoms with E-state index in [0.717, 1.165) is 41.9 Å². The second-order valence-corrected chi connectivity index (χ2v) is 6.45. The van der Waals surface area contributed by atoms with Crippen molar-refractivity contribution in [1.82, 2.24) is 20.4 Å². The van der Waals surface area contributed by atoms with E-state index in [1.165, 1.54) is 11.6 Å². The molecule has 0 amide bonds. The molecule has 1 aromatic heterocycles. The Bertz CT molecular complexity index is 689. The molecule has 25 heavy (non-hydrogen) atoms. The van der Waals surface area contributed by atoms with Gasteiger partial charge in [0.05, 0.1) is 6.20 Å². The largest absolute Gasteiger partial charge is 0.356 e. The zero-order valence-corrected chi connectivity index (χ0v) is 18.3. The van der Waals surface area contributed by atoms with E-state index in [4.69, 9.17) is 0 Å². The van der Waals surface area contributed by atoms with Crippen LogP contribution in [0.2, 0.25) is 0 Å². The lowest BCUT2D eigenvalue weighted by Gasteiger charge is -2.11. The Morgan fingerprint density at radius 2 is 2.04 bits per heavy atom. The van der Waals surface area contributed by atoms with Crippen LogP contribution in [0.5, 0.6) is 0 Å². The highest BCUT2D eigenvalue weighted by Gasteiger charge is 2.03. The molecule has 0 saturated heterocycles. The minimum absolute atomic E-state index is 0. The quantitative estimate of drug-likeness (QED) is 0.253. The van der Waals surface area contributed by atoms with Crippen LogP contribution in [0.3, 0.4) is 0 Å². The molecule has 2 N–H and O–H groups in total. The minimum atomic E-state index is -0.164. The van der Waals surface area contributed by atoms with Gasteiger partial charge in [0.25, 0.3) is 0 Å². The monoisotopic (exact) mass is 523 g/mol. The number of aliphatic imine (C=N–C) groups is 1. The number of aromatic nitrogens is 2. The molecule has 138 valence electrons. The van der Waals surface area contributed by atoms with Crippen LogP contribution in [-0.2, 0) is 19.9 Å². The third-order valence-electron chi connectivity index (χ3n) is 3.62. The summed E-state index contributed by atoms with van der Waals surface area (Å²) in [7, 11) is 3.65. The number of nitrogens with zero attached hydrogens (tertiary/aromatic N) is 3. The van der Waals surface area contributed by atoms with E-state index in [1.807, 2.05) is 31.6 Å². The van der Waals surface area contributed by atoms with E-state index in [1.54, 1.807) is 11.7 Å². The fourth-order valence-corrected chi connectivity index (χ4v) is 2.69. The predicted molar refractivity (Wildman–Crippen MR) is 114 cm³/mol. The van der Waals surface area contributed by atoms with Crippen molar-refractivity contribution in [2.75, 3.05) is 20.1 Å². The Labute approximate surface area is 173 Å². The Morgan fingerprint density at radius 1 is 1.28 bits per heavy atom. The third kappa shape index (κ3) is 7.72. The molecule has 0 aliphatic rings. The van der Waals surface area contributed by atoms with Crippen molar-refractivity contribution in [1.29, 1.82) is 0 Å². The van der Waals surface area contributed by atoms with E-state index in [2.05, 4.69) is 36.7 Å². The molecular formula is C17H24BrFIN5. The molecule has 1 heterocycles. The predicted octanol–water partition coefficient (Wildman–Crippen LogP) is 3.28. The Kier molecular flexibility index (Phi) is 10.0. The molecule has 0 atom stereocenters. The van der Waals surface area contributed by atoms with Crippen molar-refractivity contribution in [2.24, 2.45) is 12.0 Å². The summed E-state index contributed by atoms with van der Waals surface area (Å²) < 4.78 is 16.3. The van der Waals surface area contributed by atoms with Gasteiger partial charge in [-0.2, -0.15) is 5.10 Å². The molecular weight excluding hydrogens is 500 g/mol. The number of guanidine groups is 1. The van der Waals surface area contributed by atoms with Crippen molar-refractivity contribution < 1.29 is 4.39 Å². The first-order valence-electron chi connectivity index (χ1n) is 7.94.